The third-order valence-corrected chi connectivity index (χ3v) is 5.19. The van der Waals surface area contributed by atoms with E-state index in [2.05, 4.69) is 53.1 Å². The highest BCUT2D eigenvalue weighted by Crippen LogP contribution is 2.16. The number of benzene rings is 2. The Kier molecular flexibility index (Phi) is 6.41. The highest BCUT2D eigenvalue weighted by Gasteiger charge is 2.13. The van der Waals surface area contributed by atoms with Gasteiger partial charge in [0, 0.05) is 12.2 Å². The first kappa shape index (κ1) is 20.0. The second-order valence-corrected chi connectivity index (χ2v) is 7.42. The summed E-state index contributed by atoms with van der Waals surface area (Å²) in [6, 6.07) is 13.6. The molecule has 0 unspecified atom stereocenters. The number of anilines is 1. The summed E-state index contributed by atoms with van der Waals surface area (Å²) in [5, 5.41) is 4.56. The summed E-state index contributed by atoms with van der Waals surface area (Å²) < 4.78 is 0. The average molecular weight is 395 g/mol. The van der Waals surface area contributed by atoms with Crippen molar-refractivity contribution in [3.05, 3.63) is 69.8 Å². The summed E-state index contributed by atoms with van der Waals surface area (Å²) in [6.45, 7) is 7.57. The van der Waals surface area contributed by atoms with E-state index in [1.165, 1.54) is 11.1 Å². The van der Waals surface area contributed by atoms with Crippen molar-refractivity contribution >= 4 is 33.9 Å². The maximum Gasteiger partial charge on any atom is 0.258 e. The Hall–Kier alpha value is -2.73. The predicted octanol–water partition coefficient (Wildman–Crippen LogP) is 4.54. The molecule has 0 saturated heterocycles. The van der Waals surface area contributed by atoms with Gasteiger partial charge in [0.15, 0.2) is 5.11 Å². The first-order valence-corrected chi connectivity index (χ1v) is 10.00. The minimum absolute atomic E-state index is 0.121. The Morgan fingerprint density at radius 2 is 1.96 bits per heavy atom. The highest BCUT2D eigenvalue weighted by molar-refractivity contribution is 7.80. The molecule has 0 aliphatic carbocycles. The van der Waals surface area contributed by atoms with Gasteiger partial charge in [0.1, 0.15) is 5.82 Å². The van der Waals surface area contributed by atoms with Gasteiger partial charge in [-0.15, -0.1) is 0 Å². The molecule has 0 bridgehead atoms. The van der Waals surface area contributed by atoms with Crippen molar-refractivity contribution < 1.29 is 0 Å². The van der Waals surface area contributed by atoms with Gasteiger partial charge in [0.2, 0.25) is 0 Å². The van der Waals surface area contributed by atoms with Crippen LogP contribution in [0, 0.1) is 13.8 Å². The van der Waals surface area contributed by atoms with Gasteiger partial charge in [-0.25, -0.2) is 4.98 Å². The molecular formula is C22H26N4OS. The van der Waals surface area contributed by atoms with Crippen LogP contribution < -0.4 is 10.9 Å². The molecule has 5 nitrogen and oxygen atoms in total. The number of nitrogens with zero attached hydrogens (tertiary/aromatic N) is 2. The number of unbranched alkanes of at least 4 members (excludes halogenated alkanes) is 1. The standard InChI is InChI=1S/C22H26N4OS/c1-4-5-12-26(22(28)23-17-11-10-15(2)16(3)13-17)14-20-24-19-9-7-6-8-18(19)21(27)25-20/h6-11,13H,4-5,12,14H2,1-3H3,(H,23,28)(H,24,25,27). The number of hydrogen-bond acceptors (Lipinski definition) is 3. The molecule has 1 heterocycles. The maximum absolute atomic E-state index is 12.4. The quantitative estimate of drug-likeness (QED) is 0.601. The third kappa shape index (κ3) is 4.75. The molecule has 0 aliphatic rings. The van der Waals surface area contributed by atoms with Crippen molar-refractivity contribution in [2.45, 2.75) is 40.2 Å². The third-order valence-electron chi connectivity index (χ3n) is 4.83. The summed E-state index contributed by atoms with van der Waals surface area (Å²) in [6.07, 6.45) is 2.07. The van der Waals surface area contributed by atoms with E-state index in [9.17, 15) is 4.79 Å². The number of fused-ring (bicyclic) bond motifs is 1. The molecule has 1 aromatic heterocycles. The molecule has 146 valence electrons. The first-order valence-electron chi connectivity index (χ1n) is 9.59. The fourth-order valence-electron chi connectivity index (χ4n) is 3.01. The van der Waals surface area contributed by atoms with E-state index in [4.69, 9.17) is 12.2 Å². The topological polar surface area (TPSA) is 61.0 Å². The summed E-state index contributed by atoms with van der Waals surface area (Å²) in [5.41, 5.74) is 4.01. The molecule has 0 spiro atoms. The van der Waals surface area contributed by atoms with Crippen LogP contribution in [0.2, 0.25) is 0 Å². The Bertz CT molecular complexity index is 1040. The zero-order valence-electron chi connectivity index (χ0n) is 16.6. The summed E-state index contributed by atoms with van der Waals surface area (Å²) >= 11 is 5.67. The van der Waals surface area contributed by atoms with E-state index in [-0.39, 0.29) is 5.56 Å². The molecule has 0 radical (unpaired) electrons. The lowest BCUT2D eigenvalue weighted by atomic mass is 10.1. The number of H-pyrrole nitrogens is 1. The van der Waals surface area contributed by atoms with Gasteiger partial charge in [-0.3, -0.25) is 4.79 Å². The monoisotopic (exact) mass is 394 g/mol. The highest BCUT2D eigenvalue weighted by atomic mass is 32.1. The van der Waals surface area contributed by atoms with Crippen LogP contribution >= 0.6 is 12.2 Å². The van der Waals surface area contributed by atoms with Crippen molar-refractivity contribution in [2.24, 2.45) is 0 Å². The first-order chi connectivity index (χ1) is 13.5. The lowest BCUT2D eigenvalue weighted by Gasteiger charge is -2.25. The lowest BCUT2D eigenvalue weighted by Crippen LogP contribution is -2.36. The Morgan fingerprint density at radius 3 is 2.71 bits per heavy atom. The Labute approximate surface area is 170 Å². The van der Waals surface area contributed by atoms with Gasteiger partial charge in [0.05, 0.1) is 17.4 Å². The van der Waals surface area contributed by atoms with E-state index >= 15 is 0 Å². The number of aryl methyl sites for hydroxylation is 2. The average Bonchev–Trinajstić information content (AvgIpc) is 2.68. The van der Waals surface area contributed by atoms with Gasteiger partial charge in [-0.05, 0) is 67.9 Å². The minimum atomic E-state index is -0.121. The largest absolute Gasteiger partial charge is 0.342 e. The van der Waals surface area contributed by atoms with E-state index in [1.54, 1.807) is 6.07 Å². The fourth-order valence-corrected chi connectivity index (χ4v) is 3.29. The molecule has 0 aliphatic heterocycles. The van der Waals surface area contributed by atoms with Gasteiger partial charge >= 0.3 is 0 Å². The van der Waals surface area contributed by atoms with Crippen LogP contribution in [-0.2, 0) is 6.54 Å². The van der Waals surface area contributed by atoms with Crippen LogP contribution in [0.4, 0.5) is 5.69 Å². The molecule has 3 rings (SSSR count). The molecule has 2 N–H and O–H groups in total. The fraction of sp³-hybridized carbons (Fsp3) is 0.318. The normalized spacial score (nSPS) is 10.8. The van der Waals surface area contributed by atoms with Gasteiger partial charge < -0.3 is 15.2 Å². The van der Waals surface area contributed by atoms with Crippen molar-refractivity contribution in [1.82, 2.24) is 14.9 Å². The second-order valence-electron chi connectivity index (χ2n) is 7.03. The number of rotatable bonds is 6. The maximum atomic E-state index is 12.4. The number of aromatic amines is 1. The van der Waals surface area contributed by atoms with Gasteiger partial charge in [0.25, 0.3) is 5.56 Å². The molecule has 3 aromatic rings. The summed E-state index contributed by atoms with van der Waals surface area (Å²) in [5.74, 6) is 0.615. The molecular weight excluding hydrogens is 368 g/mol. The number of para-hydroxylation sites is 1. The number of hydrogen-bond donors (Lipinski definition) is 2. The molecule has 2 aromatic carbocycles. The van der Waals surface area contributed by atoms with E-state index in [0.717, 1.165) is 25.1 Å². The zero-order valence-corrected chi connectivity index (χ0v) is 17.4. The SMILES string of the molecule is CCCCN(Cc1nc2ccccc2c(=O)[nH]1)C(=S)Nc1ccc(C)c(C)c1. The molecule has 0 fully saturated rings. The number of thiocarbonyl (C=S) groups is 1. The zero-order chi connectivity index (χ0) is 20.1. The minimum Gasteiger partial charge on any atom is -0.342 e. The Balaban J connectivity index is 1.82. The molecule has 6 heteroatoms. The molecule has 28 heavy (non-hydrogen) atoms. The van der Waals surface area contributed by atoms with Crippen LogP contribution in [0.1, 0.15) is 36.7 Å². The van der Waals surface area contributed by atoms with Crippen LogP contribution in [0.5, 0.6) is 0 Å². The van der Waals surface area contributed by atoms with Crippen molar-refractivity contribution in [1.29, 1.82) is 0 Å². The van der Waals surface area contributed by atoms with Crippen LogP contribution in [0.25, 0.3) is 10.9 Å². The van der Waals surface area contributed by atoms with E-state index in [1.807, 2.05) is 24.3 Å². The van der Waals surface area contributed by atoms with E-state index in [0.29, 0.717) is 28.4 Å². The van der Waals surface area contributed by atoms with E-state index < -0.39 is 0 Å². The second kappa shape index (κ2) is 8.97. The lowest BCUT2D eigenvalue weighted by molar-refractivity contribution is 0.397. The van der Waals surface area contributed by atoms with Crippen molar-refractivity contribution in [2.75, 3.05) is 11.9 Å². The summed E-state index contributed by atoms with van der Waals surface area (Å²) in [4.78, 5) is 21.9. The van der Waals surface area contributed by atoms with Crippen molar-refractivity contribution in [3.63, 3.8) is 0 Å². The van der Waals surface area contributed by atoms with Crippen LogP contribution in [-0.4, -0.2) is 26.5 Å². The predicted molar refractivity (Wildman–Crippen MR) is 120 cm³/mol. The Morgan fingerprint density at radius 1 is 1.18 bits per heavy atom. The molecule has 0 saturated carbocycles. The van der Waals surface area contributed by atoms with Crippen LogP contribution in [0.15, 0.2) is 47.3 Å². The smallest absolute Gasteiger partial charge is 0.258 e. The summed E-state index contributed by atoms with van der Waals surface area (Å²) in [7, 11) is 0. The van der Waals surface area contributed by atoms with Gasteiger partial charge in [-0.1, -0.05) is 31.5 Å². The number of nitrogens with one attached hydrogen (secondary N) is 2. The van der Waals surface area contributed by atoms with Gasteiger partial charge in [-0.2, -0.15) is 0 Å². The number of aromatic nitrogens is 2. The molecule has 0 atom stereocenters. The van der Waals surface area contributed by atoms with Crippen molar-refractivity contribution in [3.8, 4) is 0 Å². The molecule has 0 amide bonds. The van der Waals surface area contributed by atoms with Crippen LogP contribution in [0.3, 0.4) is 0 Å².